The van der Waals surface area contributed by atoms with Crippen molar-refractivity contribution in [3.8, 4) is 11.5 Å². The largest absolute Gasteiger partial charge is 0.507 e. The monoisotopic (exact) mass is 310 g/mol. The van der Waals surface area contributed by atoms with Crippen molar-refractivity contribution in [2.75, 3.05) is 20.2 Å². The number of rotatable bonds is 5. The van der Waals surface area contributed by atoms with E-state index in [0.29, 0.717) is 5.56 Å². The van der Waals surface area contributed by atoms with Gasteiger partial charge in [-0.3, -0.25) is 9.89 Å². The van der Waals surface area contributed by atoms with Crippen molar-refractivity contribution < 1.29 is 9.84 Å². The normalized spacial score (nSPS) is 18.6. The van der Waals surface area contributed by atoms with Gasteiger partial charge in [0.15, 0.2) is 0 Å². The molecule has 3 rings (SSSR count). The molecule has 0 spiro atoms. The number of benzene rings is 2. The summed E-state index contributed by atoms with van der Waals surface area (Å²) in [5.74, 6) is 0.954. The molecule has 1 N–H and O–H groups in total. The highest BCUT2D eigenvalue weighted by molar-refractivity contribution is 5.84. The molecule has 0 aliphatic carbocycles. The SMILES string of the molecule is COc1ccc(O)c(C=N[C@H]2CCN(Cc3ccccc3)C2)c1. The third kappa shape index (κ3) is 4.11. The van der Waals surface area contributed by atoms with Gasteiger partial charge in [-0.05, 0) is 30.2 Å². The van der Waals surface area contributed by atoms with E-state index < -0.39 is 0 Å². The third-order valence-corrected chi connectivity index (χ3v) is 4.16. The van der Waals surface area contributed by atoms with E-state index in [9.17, 15) is 5.11 Å². The van der Waals surface area contributed by atoms with Crippen LogP contribution in [0.5, 0.6) is 11.5 Å². The molecule has 1 aliphatic rings. The summed E-state index contributed by atoms with van der Waals surface area (Å²) in [7, 11) is 1.62. The number of likely N-dealkylation sites (tertiary alicyclic amines) is 1. The molecule has 1 aliphatic heterocycles. The Morgan fingerprint density at radius 3 is 2.87 bits per heavy atom. The first kappa shape index (κ1) is 15.6. The Morgan fingerprint density at radius 1 is 1.26 bits per heavy atom. The van der Waals surface area contributed by atoms with Crippen LogP contribution < -0.4 is 4.74 Å². The summed E-state index contributed by atoms with van der Waals surface area (Å²) in [5, 5.41) is 9.89. The van der Waals surface area contributed by atoms with E-state index in [1.54, 1.807) is 31.5 Å². The van der Waals surface area contributed by atoms with E-state index in [1.807, 2.05) is 6.07 Å². The smallest absolute Gasteiger partial charge is 0.124 e. The fraction of sp³-hybridized carbons (Fsp3) is 0.316. The molecule has 0 radical (unpaired) electrons. The molecule has 2 aromatic carbocycles. The minimum absolute atomic E-state index is 0.230. The molecule has 1 atom stereocenters. The molecular formula is C19H22N2O2. The van der Waals surface area contributed by atoms with E-state index in [1.165, 1.54) is 5.56 Å². The molecule has 1 heterocycles. The fourth-order valence-electron chi connectivity index (χ4n) is 2.87. The highest BCUT2D eigenvalue weighted by Gasteiger charge is 2.21. The van der Waals surface area contributed by atoms with Crippen LogP contribution in [0.3, 0.4) is 0 Å². The highest BCUT2D eigenvalue weighted by Crippen LogP contribution is 2.22. The van der Waals surface area contributed by atoms with Gasteiger partial charge in [-0.1, -0.05) is 30.3 Å². The molecule has 4 heteroatoms. The molecule has 0 amide bonds. The number of nitrogens with zero attached hydrogens (tertiary/aromatic N) is 2. The maximum absolute atomic E-state index is 9.89. The van der Waals surface area contributed by atoms with E-state index in [0.717, 1.165) is 31.8 Å². The minimum Gasteiger partial charge on any atom is -0.507 e. The lowest BCUT2D eigenvalue weighted by Crippen LogP contribution is -2.21. The minimum atomic E-state index is 0.230. The Kier molecular flexibility index (Phi) is 4.93. The van der Waals surface area contributed by atoms with Gasteiger partial charge in [0.05, 0.1) is 13.2 Å². The fourth-order valence-corrected chi connectivity index (χ4v) is 2.87. The van der Waals surface area contributed by atoms with Crippen molar-refractivity contribution in [3.63, 3.8) is 0 Å². The summed E-state index contributed by atoms with van der Waals surface area (Å²) >= 11 is 0. The van der Waals surface area contributed by atoms with Crippen LogP contribution in [0, 0.1) is 0 Å². The van der Waals surface area contributed by atoms with Crippen molar-refractivity contribution in [2.45, 2.75) is 19.0 Å². The van der Waals surface area contributed by atoms with E-state index in [4.69, 9.17) is 4.74 Å². The zero-order chi connectivity index (χ0) is 16.1. The van der Waals surface area contributed by atoms with Crippen LogP contribution in [-0.4, -0.2) is 42.5 Å². The number of hydrogen-bond acceptors (Lipinski definition) is 4. The van der Waals surface area contributed by atoms with Crippen LogP contribution in [0.25, 0.3) is 0 Å². The van der Waals surface area contributed by atoms with Crippen LogP contribution in [0.1, 0.15) is 17.5 Å². The molecule has 0 saturated carbocycles. The lowest BCUT2D eigenvalue weighted by molar-refractivity contribution is 0.327. The number of phenols is 1. The number of phenolic OH excluding ortho intramolecular Hbond substituents is 1. The first-order valence-corrected chi connectivity index (χ1v) is 7.91. The maximum atomic E-state index is 9.89. The number of aromatic hydroxyl groups is 1. The van der Waals surface area contributed by atoms with Gasteiger partial charge in [0, 0.05) is 31.4 Å². The summed E-state index contributed by atoms with van der Waals surface area (Å²) in [5.41, 5.74) is 2.04. The number of ether oxygens (including phenoxy) is 1. The highest BCUT2D eigenvalue weighted by atomic mass is 16.5. The first-order chi connectivity index (χ1) is 11.2. The zero-order valence-electron chi connectivity index (χ0n) is 13.4. The number of aliphatic imine (C=N–C) groups is 1. The van der Waals surface area contributed by atoms with Crippen LogP contribution in [0.4, 0.5) is 0 Å². The summed E-state index contributed by atoms with van der Waals surface area (Å²) in [6.07, 6.45) is 2.81. The van der Waals surface area contributed by atoms with Crippen molar-refractivity contribution in [3.05, 3.63) is 59.7 Å². The maximum Gasteiger partial charge on any atom is 0.124 e. The molecule has 1 fully saturated rings. The van der Waals surface area contributed by atoms with Gasteiger partial charge in [-0.15, -0.1) is 0 Å². The molecule has 120 valence electrons. The van der Waals surface area contributed by atoms with Crippen LogP contribution in [0.15, 0.2) is 53.5 Å². The van der Waals surface area contributed by atoms with E-state index in [2.05, 4.69) is 34.2 Å². The van der Waals surface area contributed by atoms with Gasteiger partial charge in [0.1, 0.15) is 11.5 Å². The van der Waals surface area contributed by atoms with Gasteiger partial charge < -0.3 is 9.84 Å². The predicted octanol–water partition coefficient (Wildman–Crippen LogP) is 3.09. The molecule has 4 nitrogen and oxygen atoms in total. The van der Waals surface area contributed by atoms with Gasteiger partial charge in [-0.25, -0.2) is 0 Å². The summed E-state index contributed by atoms with van der Waals surface area (Å²) < 4.78 is 5.18. The number of hydrogen-bond donors (Lipinski definition) is 1. The van der Waals surface area contributed by atoms with Crippen LogP contribution >= 0.6 is 0 Å². The van der Waals surface area contributed by atoms with Crippen molar-refractivity contribution in [1.82, 2.24) is 4.90 Å². The van der Waals surface area contributed by atoms with Gasteiger partial charge in [0.2, 0.25) is 0 Å². The standard InChI is InChI=1S/C19H22N2O2/c1-23-18-7-8-19(22)16(11-18)12-20-17-9-10-21(14-17)13-15-5-3-2-4-6-15/h2-8,11-12,17,22H,9-10,13-14H2,1H3/t17-/m0/s1. The average molecular weight is 310 g/mol. The number of methoxy groups -OCH3 is 1. The molecule has 0 bridgehead atoms. The second-order valence-electron chi connectivity index (χ2n) is 5.87. The van der Waals surface area contributed by atoms with Crippen molar-refractivity contribution in [1.29, 1.82) is 0 Å². The Hall–Kier alpha value is -2.33. The molecule has 23 heavy (non-hydrogen) atoms. The zero-order valence-corrected chi connectivity index (χ0v) is 13.4. The van der Waals surface area contributed by atoms with Gasteiger partial charge >= 0.3 is 0 Å². The first-order valence-electron chi connectivity index (χ1n) is 7.91. The van der Waals surface area contributed by atoms with Crippen molar-refractivity contribution in [2.24, 2.45) is 4.99 Å². The third-order valence-electron chi connectivity index (χ3n) is 4.16. The average Bonchev–Trinajstić information content (AvgIpc) is 3.02. The van der Waals surface area contributed by atoms with Gasteiger partial charge in [-0.2, -0.15) is 0 Å². The Morgan fingerprint density at radius 2 is 2.09 bits per heavy atom. The van der Waals surface area contributed by atoms with Crippen molar-refractivity contribution >= 4 is 6.21 Å². The predicted molar refractivity (Wildman–Crippen MR) is 92.4 cm³/mol. The lowest BCUT2D eigenvalue weighted by atomic mass is 10.2. The summed E-state index contributed by atoms with van der Waals surface area (Å²) in [6.45, 7) is 2.98. The Bertz CT molecular complexity index is 670. The lowest BCUT2D eigenvalue weighted by Gasteiger charge is -2.14. The Balaban J connectivity index is 1.59. The topological polar surface area (TPSA) is 45.1 Å². The molecule has 0 aromatic heterocycles. The molecule has 2 aromatic rings. The van der Waals surface area contributed by atoms with E-state index in [-0.39, 0.29) is 11.8 Å². The summed E-state index contributed by atoms with van der Waals surface area (Å²) in [4.78, 5) is 7.06. The quantitative estimate of drug-likeness (QED) is 0.863. The van der Waals surface area contributed by atoms with Crippen LogP contribution in [0.2, 0.25) is 0 Å². The second-order valence-corrected chi connectivity index (χ2v) is 5.87. The Labute approximate surface area is 137 Å². The van der Waals surface area contributed by atoms with Gasteiger partial charge in [0.25, 0.3) is 0 Å². The van der Waals surface area contributed by atoms with E-state index >= 15 is 0 Å². The van der Waals surface area contributed by atoms with Crippen LogP contribution in [-0.2, 0) is 6.54 Å². The molecular weight excluding hydrogens is 288 g/mol. The molecule has 0 unspecified atom stereocenters. The summed E-state index contributed by atoms with van der Waals surface area (Å²) in [6, 6.07) is 16.0. The molecule has 1 saturated heterocycles. The second kappa shape index (κ2) is 7.29.